The smallest absolute Gasteiger partial charge is 0.240 e. The zero-order valence-electron chi connectivity index (χ0n) is 15.6. The molecular formula is C20H21N5O2S. The molecule has 2 aromatic carbocycles. The van der Waals surface area contributed by atoms with Crippen LogP contribution in [0.3, 0.4) is 0 Å². The summed E-state index contributed by atoms with van der Waals surface area (Å²) in [5.41, 5.74) is 5.10. The highest BCUT2D eigenvalue weighted by molar-refractivity contribution is 8.00. The van der Waals surface area contributed by atoms with Gasteiger partial charge in [0.05, 0.1) is 18.8 Å². The van der Waals surface area contributed by atoms with Gasteiger partial charge in [-0.25, -0.2) is 4.68 Å². The number of methoxy groups -OCH3 is 1. The van der Waals surface area contributed by atoms with Crippen molar-refractivity contribution in [2.24, 2.45) is 0 Å². The summed E-state index contributed by atoms with van der Waals surface area (Å²) in [6.45, 7) is 2.03. The van der Waals surface area contributed by atoms with Crippen LogP contribution in [0.25, 0.3) is 0 Å². The second kappa shape index (κ2) is 7.93. The highest BCUT2D eigenvalue weighted by Crippen LogP contribution is 2.38. The van der Waals surface area contributed by atoms with Gasteiger partial charge in [0.2, 0.25) is 11.1 Å². The Labute approximate surface area is 167 Å². The van der Waals surface area contributed by atoms with Crippen LogP contribution >= 0.6 is 11.8 Å². The topological polar surface area (TPSA) is 81.1 Å². The molecule has 3 aromatic rings. The van der Waals surface area contributed by atoms with Gasteiger partial charge in [-0.3, -0.25) is 4.79 Å². The van der Waals surface area contributed by atoms with Crippen molar-refractivity contribution in [2.75, 3.05) is 17.9 Å². The molecule has 28 heavy (non-hydrogen) atoms. The molecule has 0 fully saturated rings. The molecule has 0 unspecified atom stereocenters. The zero-order chi connectivity index (χ0) is 19.5. The van der Waals surface area contributed by atoms with Crippen LogP contribution in [0.2, 0.25) is 0 Å². The minimum Gasteiger partial charge on any atom is -0.495 e. The number of nitrogens with one attached hydrogen (secondary N) is 2. The molecule has 0 spiro atoms. The molecule has 2 heterocycles. The van der Waals surface area contributed by atoms with Crippen molar-refractivity contribution in [3.8, 4) is 5.75 Å². The number of carbonyl (C=O) groups is 1. The van der Waals surface area contributed by atoms with Crippen molar-refractivity contribution < 1.29 is 9.53 Å². The lowest BCUT2D eigenvalue weighted by Gasteiger charge is -2.33. The zero-order valence-corrected chi connectivity index (χ0v) is 16.4. The predicted octanol–water partition coefficient (Wildman–Crippen LogP) is 3.25. The number of amides is 1. The maximum atomic E-state index is 13.2. The number of para-hydroxylation sites is 2. The third kappa shape index (κ3) is 3.43. The number of thioether (sulfide) groups is 1. The summed E-state index contributed by atoms with van der Waals surface area (Å²) in [6.07, 6.45) is 0.750. The van der Waals surface area contributed by atoms with Crippen LogP contribution in [0.5, 0.6) is 5.75 Å². The van der Waals surface area contributed by atoms with E-state index in [-0.39, 0.29) is 11.9 Å². The van der Waals surface area contributed by atoms with Crippen molar-refractivity contribution in [3.05, 3.63) is 66.0 Å². The van der Waals surface area contributed by atoms with Gasteiger partial charge in [0.25, 0.3) is 0 Å². The molecule has 1 aromatic heterocycles. The van der Waals surface area contributed by atoms with Crippen LogP contribution in [0.1, 0.15) is 24.4 Å². The van der Waals surface area contributed by atoms with Crippen molar-refractivity contribution in [2.45, 2.75) is 29.8 Å². The number of ether oxygens (including phenoxy) is 1. The number of hydrogen-bond donors (Lipinski definition) is 2. The summed E-state index contributed by atoms with van der Waals surface area (Å²) in [5.74, 6) is 1.34. The minimum atomic E-state index is -0.422. The fraction of sp³-hybridized carbons (Fsp3) is 0.250. The maximum absolute atomic E-state index is 13.2. The summed E-state index contributed by atoms with van der Waals surface area (Å²) >= 11 is 1.41. The Kier molecular flexibility index (Phi) is 5.21. The standard InChI is InChI=1S/C20H21N5O2S/c1-3-16-22-23-20-25(16)24-17(13-9-5-4-6-10-13)18(28-20)19(26)21-14-11-7-8-12-15(14)27-2/h4-12,17-18,24H,3H2,1-2H3,(H,21,26)/t17-,18+/m1/s1. The van der Waals surface area contributed by atoms with E-state index >= 15 is 0 Å². The van der Waals surface area contributed by atoms with Gasteiger partial charge in [0.1, 0.15) is 11.0 Å². The first-order chi connectivity index (χ1) is 13.7. The van der Waals surface area contributed by atoms with E-state index in [2.05, 4.69) is 20.9 Å². The Morgan fingerprint density at radius 2 is 1.93 bits per heavy atom. The van der Waals surface area contributed by atoms with Gasteiger partial charge in [0.15, 0.2) is 5.82 Å². The Morgan fingerprint density at radius 1 is 1.18 bits per heavy atom. The van der Waals surface area contributed by atoms with Gasteiger partial charge in [-0.1, -0.05) is 61.2 Å². The highest BCUT2D eigenvalue weighted by atomic mass is 32.2. The minimum absolute atomic E-state index is 0.122. The third-order valence-corrected chi connectivity index (χ3v) is 5.82. The van der Waals surface area contributed by atoms with Crippen LogP contribution in [-0.4, -0.2) is 33.1 Å². The normalized spacial score (nSPS) is 18.1. The molecule has 8 heteroatoms. The van der Waals surface area contributed by atoms with Crippen LogP contribution in [0, 0.1) is 0 Å². The molecule has 144 valence electrons. The second-order valence-corrected chi connectivity index (χ2v) is 7.44. The summed E-state index contributed by atoms with van der Waals surface area (Å²) in [5, 5.41) is 11.7. The number of aromatic nitrogens is 3. The summed E-state index contributed by atoms with van der Waals surface area (Å²) < 4.78 is 7.24. The predicted molar refractivity (Wildman–Crippen MR) is 109 cm³/mol. The highest BCUT2D eigenvalue weighted by Gasteiger charge is 2.37. The largest absolute Gasteiger partial charge is 0.495 e. The molecule has 2 atom stereocenters. The summed E-state index contributed by atoms with van der Waals surface area (Å²) in [4.78, 5) is 13.2. The van der Waals surface area contributed by atoms with E-state index in [1.165, 1.54) is 11.8 Å². The van der Waals surface area contributed by atoms with Gasteiger partial charge in [-0.15, -0.1) is 10.2 Å². The average Bonchev–Trinajstić information content (AvgIpc) is 3.16. The van der Waals surface area contributed by atoms with E-state index in [1.54, 1.807) is 7.11 Å². The number of hydrogen-bond acceptors (Lipinski definition) is 6. The number of fused-ring (bicyclic) bond motifs is 1. The molecule has 7 nitrogen and oxygen atoms in total. The molecule has 2 N–H and O–H groups in total. The second-order valence-electron chi connectivity index (χ2n) is 6.33. The third-order valence-electron chi connectivity index (χ3n) is 4.60. The molecule has 1 aliphatic rings. The molecule has 1 aliphatic heterocycles. The molecular weight excluding hydrogens is 374 g/mol. The Balaban J connectivity index is 1.67. The number of rotatable bonds is 5. The number of aryl methyl sites for hydroxylation is 1. The van der Waals surface area contributed by atoms with Gasteiger partial charge in [-0.05, 0) is 17.7 Å². The molecule has 0 aliphatic carbocycles. The van der Waals surface area contributed by atoms with Gasteiger partial charge in [0, 0.05) is 6.42 Å². The lowest BCUT2D eigenvalue weighted by Crippen LogP contribution is -2.41. The van der Waals surface area contributed by atoms with Crippen molar-refractivity contribution in [1.82, 2.24) is 14.9 Å². The molecule has 0 bridgehead atoms. The SMILES string of the molecule is CCc1nnc2n1N[C@H](c1ccccc1)[C@@H](C(=O)Nc1ccccc1OC)S2. The van der Waals surface area contributed by atoms with Crippen molar-refractivity contribution in [3.63, 3.8) is 0 Å². The van der Waals surface area contributed by atoms with E-state index in [0.717, 1.165) is 17.8 Å². The van der Waals surface area contributed by atoms with Gasteiger partial charge >= 0.3 is 0 Å². The van der Waals surface area contributed by atoms with E-state index in [1.807, 2.05) is 66.2 Å². The van der Waals surface area contributed by atoms with Crippen LogP contribution in [0.15, 0.2) is 59.8 Å². The average molecular weight is 395 g/mol. The quantitative estimate of drug-likeness (QED) is 0.690. The van der Waals surface area contributed by atoms with Gasteiger partial charge in [-0.2, -0.15) is 0 Å². The lowest BCUT2D eigenvalue weighted by atomic mass is 10.0. The molecule has 1 amide bonds. The van der Waals surface area contributed by atoms with E-state index < -0.39 is 5.25 Å². The first kappa shape index (κ1) is 18.4. The molecule has 0 saturated carbocycles. The Bertz CT molecular complexity index is 976. The summed E-state index contributed by atoms with van der Waals surface area (Å²) in [7, 11) is 1.59. The molecule has 0 radical (unpaired) electrons. The monoisotopic (exact) mass is 395 g/mol. The summed E-state index contributed by atoms with van der Waals surface area (Å²) in [6, 6.07) is 17.1. The Hall–Kier alpha value is -3.00. The number of benzene rings is 2. The van der Waals surface area contributed by atoms with Crippen molar-refractivity contribution >= 4 is 23.4 Å². The lowest BCUT2D eigenvalue weighted by molar-refractivity contribution is -0.116. The fourth-order valence-corrected chi connectivity index (χ4v) is 4.29. The number of carbonyl (C=O) groups excluding carboxylic acids is 1. The number of nitrogens with zero attached hydrogens (tertiary/aromatic N) is 3. The van der Waals surface area contributed by atoms with Crippen molar-refractivity contribution in [1.29, 1.82) is 0 Å². The first-order valence-electron chi connectivity index (χ1n) is 9.07. The Morgan fingerprint density at radius 3 is 2.68 bits per heavy atom. The molecule has 4 rings (SSSR count). The van der Waals surface area contributed by atoms with E-state index in [9.17, 15) is 4.79 Å². The van der Waals surface area contributed by atoms with Gasteiger partial charge < -0.3 is 15.5 Å². The van der Waals surface area contributed by atoms with Crippen LogP contribution < -0.4 is 15.5 Å². The van der Waals surface area contributed by atoms with E-state index in [0.29, 0.717) is 16.6 Å². The fourth-order valence-electron chi connectivity index (χ4n) is 3.19. The number of anilines is 1. The first-order valence-corrected chi connectivity index (χ1v) is 9.95. The maximum Gasteiger partial charge on any atom is 0.240 e. The molecule has 0 saturated heterocycles. The van der Waals surface area contributed by atoms with Crippen LogP contribution in [-0.2, 0) is 11.2 Å². The van der Waals surface area contributed by atoms with E-state index in [4.69, 9.17) is 4.74 Å². The van der Waals surface area contributed by atoms with Crippen LogP contribution in [0.4, 0.5) is 5.69 Å².